The number of likely N-dealkylation sites (N-methyl/N-ethyl adjacent to an activating group) is 1. The zero-order chi connectivity index (χ0) is 18.2. The van der Waals surface area contributed by atoms with Crippen molar-refractivity contribution in [3.8, 4) is 0 Å². The van der Waals surface area contributed by atoms with E-state index >= 15 is 0 Å². The van der Waals surface area contributed by atoms with Gasteiger partial charge in [0.25, 0.3) is 0 Å². The van der Waals surface area contributed by atoms with E-state index in [9.17, 15) is 4.39 Å². The van der Waals surface area contributed by atoms with Gasteiger partial charge in [0.05, 0.1) is 18.8 Å². The quantitative estimate of drug-likeness (QED) is 0.594. The molecule has 2 N–H and O–H groups in total. The van der Waals surface area contributed by atoms with E-state index in [1.165, 1.54) is 6.07 Å². The maximum atomic E-state index is 13.7. The van der Waals surface area contributed by atoms with Gasteiger partial charge in [0.2, 0.25) is 0 Å². The molecule has 0 saturated heterocycles. The maximum absolute atomic E-state index is 13.7. The van der Waals surface area contributed by atoms with Crippen LogP contribution >= 0.6 is 0 Å². The van der Waals surface area contributed by atoms with Crippen molar-refractivity contribution in [1.29, 1.82) is 0 Å². The number of benzene rings is 1. The van der Waals surface area contributed by atoms with Gasteiger partial charge in [-0.3, -0.25) is 4.68 Å². The third kappa shape index (κ3) is 5.56. The number of nitrogens with zero attached hydrogens (tertiary/aromatic N) is 4. The lowest BCUT2D eigenvalue weighted by Gasteiger charge is -2.24. The van der Waals surface area contributed by atoms with Crippen molar-refractivity contribution in [2.75, 3.05) is 27.2 Å². The predicted octanol–water partition coefficient (Wildman–Crippen LogP) is 1.92. The summed E-state index contributed by atoms with van der Waals surface area (Å²) in [6.45, 7) is 3.71. The third-order valence-corrected chi connectivity index (χ3v) is 3.91. The molecule has 136 valence electrons. The highest BCUT2D eigenvalue weighted by atomic mass is 19.1. The van der Waals surface area contributed by atoms with Crippen LogP contribution < -0.4 is 10.6 Å². The molecule has 0 aliphatic heterocycles. The van der Waals surface area contributed by atoms with Gasteiger partial charge < -0.3 is 15.5 Å². The number of aromatic nitrogens is 2. The average molecular weight is 346 g/mol. The first-order valence-electron chi connectivity index (χ1n) is 8.41. The molecule has 0 saturated carbocycles. The van der Waals surface area contributed by atoms with Crippen LogP contribution in [0.3, 0.4) is 0 Å². The van der Waals surface area contributed by atoms with Crippen molar-refractivity contribution in [2.24, 2.45) is 12.0 Å². The molecule has 6 nitrogen and oxygen atoms in total. The third-order valence-electron chi connectivity index (χ3n) is 3.91. The van der Waals surface area contributed by atoms with Crippen LogP contribution in [0.15, 0.2) is 41.7 Å². The fraction of sp³-hybridized carbons (Fsp3) is 0.444. The Hall–Kier alpha value is -2.41. The SMILES string of the molecule is CCNC(=NCc1ccccc1F)NCC(c1cnn(C)c1)N(C)C. The summed E-state index contributed by atoms with van der Waals surface area (Å²) in [6.07, 6.45) is 3.88. The molecule has 2 rings (SSSR count). The summed E-state index contributed by atoms with van der Waals surface area (Å²) in [5.41, 5.74) is 1.71. The van der Waals surface area contributed by atoms with E-state index in [-0.39, 0.29) is 11.9 Å². The number of nitrogens with one attached hydrogen (secondary N) is 2. The molecule has 1 aromatic carbocycles. The average Bonchev–Trinajstić information content (AvgIpc) is 2.99. The van der Waals surface area contributed by atoms with E-state index < -0.39 is 0 Å². The molecule has 1 atom stereocenters. The molecule has 25 heavy (non-hydrogen) atoms. The molecule has 0 spiro atoms. The van der Waals surface area contributed by atoms with Crippen LogP contribution in [0.1, 0.15) is 24.1 Å². The lowest BCUT2D eigenvalue weighted by molar-refractivity contribution is 0.298. The van der Waals surface area contributed by atoms with E-state index in [0.29, 0.717) is 24.6 Å². The molecule has 1 unspecified atom stereocenters. The fourth-order valence-corrected chi connectivity index (χ4v) is 2.54. The van der Waals surface area contributed by atoms with Crippen molar-refractivity contribution in [2.45, 2.75) is 19.5 Å². The Labute approximate surface area is 148 Å². The van der Waals surface area contributed by atoms with Crippen LogP contribution in [0.25, 0.3) is 0 Å². The largest absolute Gasteiger partial charge is 0.357 e. The second kappa shape index (κ2) is 9.17. The van der Waals surface area contributed by atoms with Gasteiger partial charge in [-0.05, 0) is 27.1 Å². The van der Waals surface area contributed by atoms with Crippen molar-refractivity contribution in [3.63, 3.8) is 0 Å². The smallest absolute Gasteiger partial charge is 0.191 e. The highest BCUT2D eigenvalue weighted by molar-refractivity contribution is 5.79. The summed E-state index contributed by atoms with van der Waals surface area (Å²) in [6, 6.07) is 6.86. The van der Waals surface area contributed by atoms with E-state index in [2.05, 4.69) is 25.6 Å². The minimum absolute atomic E-state index is 0.158. The number of aliphatic imine (C=N–C) groups is 1. The van der Waals surface area contributed by atoms with E-state index in [0.717, 1.165) is 12.1 Å². The maximum Gasteiger partial charge on any atom is 0.191 e. The highest BCUT2D eigenvalue weighted by Gasteiger charge is 2.16. The number of aryl methyl sites for hydroxylation is 1. The van der Waals surface area contributed by atoms with Crippen molar-refractivity contribution < 1.29 is 4.39 Å². The molecule has 0 radical (unpaired) electrons. The first-order chi connectivity index (χ1) is 12.0. The second-order valence-corrected chi connectivity index (χ2v) is 6.09. The normalized spacial score (nSPS) is 13.1. The van der Waals surface area contributed by atoms with Crippen molar-refractivity contribution in [1.82, 2.24) is 25.3 Å². The molecule has 0 aliphatic carbocycles. The molecule has 0 bridgehead atoms. The zero-order valence-corrected chi connectivity index (χ0v) is 15.3. The zero-order valence-electron chi connectivity index (χ0n) is 15.3. The molecular weight excluding hydrogens is 319 g/mol. The predicted molar refractivity (Wildman–Crippen MR) is 98.9 cm³/mol. The topological polar surface area (TPSA) is 57.5 Å². The molecule has 1 heterocycles. The van der Waals surface area contributed by atoms with Gasteiger partial charge in [-0.1, -0.05) is 18.2 Å². The lowest BCUT2D eigenvalue weighted by Crippen LogP contribution is -2.41. The summed E-state index contributed by atoms with van der Waals surface area (Å²) in [5, 5.41) is 10.8. The Morgan fingerprint density at radius 1 is 1.32 bits per heavy atom. The summed E-state index contributed by atoms with van der Waals surface area (Å²) in [5.74, 6) is 0.435. The number of rotatable bonds is 7. The number of guanidine groups is 1. The fourth-order valence-electron chi connectivity index (χ4n) is 2.54. The molecular formula is C18H27FN6. The van der Waals surface area contributed by atoms with Crippen LogP contribution in [0.4, 0.5) is 4.39 Å². The monoisotopic (exact) mass is 346 g/mol. The van der Waals surface area contributed by atoms with Gasteiger partial charge in [0.15, 0.2) is 5.96 Å². The standard InChI is InChI=1S/C18H27FN6/c1-5-20-18(21-10-14-8-6-7-9-16(14)19)22-12-17(24(2)3)15-11-23-25(4)13-15/h6-9,11,13,17H,5,10,12H2,1-4H3,(H2,20,21,22). The van der Waals surface area contributed by atoms with Crippen LogP contribution in [0.5, 0.6) is 0 Å². The molecule has 2 aromatic rings. The van der Waals surface area contributed by atoms with E-state index in [1.54, 1.807) is 16.8 Å². The molecule has 7 heteroatoms. The lowest BCUT2D eigenvalue weighted by atomic mass is 10.1. The minimum Gasteiger partial charge on any atom is -0.357 e. The van der Waals surface area contributed by atoms with Gasteiger partial charge >= 0.3 is 0 Å². The molecule has 0 amide bonds. The molecule has 0 aliphatic rings. The van der Waals surface area contributed by atoms with Crippen LogP contribution in [-0.4, -0.2) is 47.8 Å². The molecule has 0 fully saturated rings. The second-order valence-electron chi connectivity index (χ2n) is 6.09. The minimum atomic E-state index is -0.233. The molecule has 1 aromatic heterocycles. The number of hydrogen-bond donors (Lipinski definition) is 2. The van der Waals surface area contributed by atoms with Crippen molar-refractivity contribution in [3.05, 3.63) is 53.6 Å². The highest BCUT2D eigenvalue weighted by Crippen LogP contribution is 2.16. The van der Waals surface area contributed by atoms with Gasteiger partial charge in [-0.25, -0.2) is 9.38 Å². The van der Waals surface area contributed by atoms with Crippen LogP contribution in [0, 0.1) is 5.82 Å². The van der Waals surface area contributed by atoms with E-state index in [1.807, 2.05) is 46.5 Å². The van der Waals surface area contributed by atoms with Gasteiger partial charge in [-0.15, -0.1) is 0 Å². The van der Waals surface area contributed by atoms with Gasteiger partial charge in [0, 0.05) is 37.5 Å². The van der Waals surface area contributed by atoms with Gasteiger partial charge in [0.1, 0.15) is 5.82 Å². The Bertz CT molecular complexity index is 694. The first kappa shape index (κ1) is 18.9. The Kier molecular flexibility index (Phi) is 6.94. The van der Waals surface area contributed by atoms with Crippen molar-refractivity contribution >= 4 is 5.96 Å². The van der Waals surface area contributed by atoms with Gasteiger partial charge in [-0.2, -0.15) is 5.10 Å². The summed E-state index contributed by atoms with van der Waals surface area (Å²) in [7, 11) is 5.97. The Morgan fingerprint density at radius 2 is 2.08 bits per heavy atom. The van der Waals surface area contributed by atoms with Crippen LogP contribution in [-0.2, 0) is 13.6 Å². The Balaban J connectivity index is 2.04. The number of halogens is 1. The summed E-state index contributed by atoms with van der Waals surface area (Å²) in [4.78, 5) is 6.62. The van der Waals surface area contributed by atoms with Crippen LogP contribution in [0.2, 0.25) is 0 Å². The number of hydrogen-bond acceptors (Lipinski definition) is 3. The Morgan fingerprint density at radius 3 is 2.68 bits per heavy atom. The van der Waals surface area contributed by atoms with E-state index in [4.69, 9.17) is 0 Å². The summed E-state index contributed by atoms with van der Waals surface area (Å²) >= 11 is 0. The summed E-state index contributed by atoms with van der Waals surface area (Å²) < 4.78 is 15.5. The first-order valence-corrected chi connectivity index (χ1v) is 8.41.